The molecule has 0 spiro atoms. The number of amides is 2. The van der Waals surface area contributed by atoms with E-state index >= 15 is 0 Å². The van der Waals surface area contributed by atoms with Gasteiger partial charge in [-0.2, -0.15) is 0 Å². The largest absolute Gasteiger partial charge is 0.343 e. The number of nitro benzene ring substituents is 1. The smallest absolute Gasteiger partial charge is 0.288 e. The highest BCUT2D eigenvalue weighted by Gasteiger charge is 2.17. The summed E-state index contributed by atoms with van der Waals surface area (Å²) in [5.74, 6) is -0.999. The molecule has 2 rings (SSSR count). The van der Waals surface area contributed by atoms with Gasteiger partial charge >= 0.3 is 0 Å². The van der Waals surface area contributed by atoms with Crippen molar-refractivity contribution in [2.24, 2.45) is 0 Å². The lowest BCUT2D eigenvalue weighted by Gasteiger charge is -2.11. The first-order chi connectivity index (χ1) is 11.8. The average Bonchev–Trinajstić information content (AvgIpc) is 2.57. The van der Waals surface area contributed by atoms with Crippen LogP contribution in [0.2, 0.25) is 5.02 Å². The number of nitrogens with one attached hydrogen (secondary N) is 2. The monoisotopic (exact) mass is 361 g/mol. The van der Waals surface area contributed by atoms with Crippen LogP contribution in [-0.2, 0) is 4.79 Å². The summed E-state index contributed by atoms with van der Waals surface area (Å²) in [6.07, 6.45) is 0. The van der Waals surface area contributed by atoms with Crippen molar-refractivity contribution < 1.29 is 14.5 Å². The van der Waals surface area contributed by atoms with Gasteiger partial charge < -0.3 is 10.6 Å². The van der Waals surface area contributed by atoms with Gasteiger partial charge in [-0.1, -0.05) is 23.7 Å². The van der Waals surface area contributed by atoms with E-state index in [0.717, 1.165) is 17.2 Å². The Bertz CT molecular complexity index is 852. The first-order valence-electron chi connectivity index (χ1n) is 7.38. The molecule has 25 heavy (non-hydrogen) atoms. The van der Waals surface area contributed by atoms with Gasteiger partial charge in [-0.15, -0.1) is 0 Å². The van der Waals surface area contributed by atoms with Crippen molar-refractivity contribution in [1.29, 1.82) is 0 Å². The van der Waals surface area contributed by atoms with Crippen molar-refractivity contribution in [1.82, 2.24) is 5.32 Å². The van der Waals surface area contributed by atoms with Gasteiger partial charge in [-0.05, 0) is 43.2 Å². The standard InChI is InChI=1S/C17H16ClN3O4/c1-10-4-3-5-14(11(10)2)20-16(22)9-19-17(23)12-6-7-13(18)15(8-12)21(24)25/h3-8H,9H2,1-2H3,(H,19,23)(H,20,22). The second-order valence-electron chi connectivity index (χ2n) is 5.40. The van der Waals surface area contributed by atoms with Gasteiger partial charge in [0.05, 0.1) is 11.5 Å². The van der Waals surface area contributed by atoms with E-state index in [4.69, 9.17) is 11.6 Å². The SMILES string of the molecule is Cc1cccc(NC(=O)CNC(=O)c2ccc(Cl)c([N+](=O)[O-])c2)c1C. The number of benzene rings is 2. The lowest BCUT2D eigenvalue weighted by atomic mass is 10.1. The molecule has 0 unspecified atom stereocenters. The Hall–Kier alpha value is -2.93. The minimum absolute atomic E-state index is 0.0515. The fourth-order valence-electron chi connectivity index (χ4n) is 2.14. The van der Waals surface area contributed by atoms with E-state index in [-0.39, 0.29) is 22.8 Å². The quantitative estimate of drug-likeness (QED) is 0.630. The molecule has 0 heterocycles. The van der Waals surface area contributed by atoms with Gasteiger partial charge in [0.15, 0.2) is 0 Å². The summed E-state index contributed by atoms with van der Waals surface area (Å²) in [7, 11) is 0. The number of hydrogen-bond donors (Lipinski definition) is 2. The highest BCUT2D eigenvalue weighted by atomic mass is 35.5. The fourth-order valence-corrected chi connectivity index (χ4v) is 2.32. The van der Waals surface area contributed by atoms with Crippen LogP contribution in [0, 0.1) is 24.0 Å². The molecule has 0 aliphatic carbocycles. The zero-order valence-corrected chi connectivity index (χ0v) is 14.4. The van der Waals surface area contributed by atoms with Crippen molar-refractivity contribution in [3.63, 3.8) is 0 Å². The van der Waals surface area contributed by atoms with E-state index in [9.17, 15) is 19.7 Å². The predicted molar refractivity (Wildman–Crippen MR) is 95.0 cm³/mol. The number of nitrogens with zero attached hydrogens (tertiary/aromatic N) is 1. The molecule has 0 radical (unpaired) electrons. The van der Waals surface area contributed by atoms with Crippen molar-refractivity contribution in [3.05, 3.63) is 68.2 Å². The van der Waals surface area contributed by atoms with E-state index in [1.54, 1.807) is 6.07 Å². The highest BCUT2D eigenvalue weighted by molar-refractivity contribution is 6.32. The molecule has 0 bridgehead atoms. The molecule has 7 nitrogen and oxygen atoms in total. The molecular weight excluding hydrogens is 346 g/mol. The Labute approximate surface area is 149 Å². The zero-order chi connectivity index (χ0) is 18.6. The molecule has 0 aliphatic heterocycles. The Morgan fingerprint density at radius 2 is 1.92 bits per heavy atom. The molecule has 0 aromatic heterocycles. The summed E-state index contributed by atoms with van der Waals surface area (Å²) < 4.78 is 0. The third kappa shape index (κ3) is 4.54. The Morgan fingerprint density at radius 1 is 1.20 bits per heavy atom. The fraction of sp³-hybridized carbons (Fsp3) is 0.176. The number of nitro groups is 1. The van der Waals surface area contributed by atoms with Gasteiger partial charge in [0, 0.05) is 17.3 Å². The Balaban J connectivity index is 2.00. The van der Waals surface area contributed by atoms with Crippen LogP contribution in [0.4, 0.5) is 11.4 Å². The minimum Gasteiger partial charge on any atom is -0.343 e. The maximum atomic E-state index is 12.1. The molecule has 0 saturated carbocycles. The molecule has 0 aliphatic rings. The molecule has 2 N–H and O–H groups in total. The average molecular weight is 362 g/mol. The van der Waals surface area contributed by atoms with E-state index in [2.05, 4.69) is 10.6 Å². The number of carbonyl (C=O) groups is 2. The van der Waals surface area contributed by atoms with E-state index in [0.29, 0.717) is 5.69 Å². The number of carbonyl (C=O) groups excluding carboxylic acids is 2. The van der Waals surface area contributed by atoms with Crippen LogP contribution in [0.1, 0.15) is 21.5 Å². The van der Waals surface area contributed by atoms with Gasteiger partial charge in [0.25, 0.3) is 11.6 Å². The summed E-state index contributed by atoms with van der Waals surface area (Å²) in [5.41, 5.74) is 2.33. The lowest BCUT2D eigenvalue weighted by Crippen LogP contribution is -2.33. The topological polar surface area (TPSA) is 101 Å². The van der Waals surface area contributed by atoms with Crippen LogP contribution in [0.3, 0.4) is 0 Å². The normalized spacial score (nSPS) is 10.2. The lowest BCUT2D eigenvalue weighted by molar-refractivity contribution is -0.384. The Kier molecular flexibility index (Phi) is 5.71. The highest BCUT2D eigenvalue weighted by Crippen LogP contribution is 2.25. The third-order valence-corrected chi connectivity index (χ3v) is 4.01. The second-order valence-corrected chi connectivity index (χ2v) is 5.81. The predicted octanol–water partition coefficient (Wildman–Crippen LogP) is 3.23. The molecule has 0 fully saturated rings. The van der Waals surface area contributed by atoms with Gasteiger partial charge in [-0.3, -0.25) is 19.7 Å². The maximum Gasteiger partial charge on any atom is 0.288 e. The Morgan fingerprint density at radius 3 is 2.60 bits per heavy atom. The maximum absolute atomic E-state index is 12.1. The number of rotatable bonds is 5. The number of hydrogen-bond acceptors (Lipinski definition) is 4. The zero-order valence-electron chi connectivity index (χ0n) is 13.6. The van der Waals surface area contributed by atoms with Crippen LogP contribution in [0.5, 0.6) is 0 Å². The summed E-state index contributed by atoms with van der Waals surface area (Å²) in [6.45, 7) is 3.55. The second kappa shape index (κ2) is 7.76. The van der Waals surface area contributed by atoms with E-state index in [1.165, 1.54) is 12.1 Å². The van der Waals surface area contributed by atoms with Crippen molar-refractivity contribution in [3.8, 4) is 0 Å². The number of aryl methyl sites for hydroxylation is 1. The summed E-state index contributed by atoms with van der Waals surface area (Å²) in [5, 5.41) is 15.9. The minimum atomic E-state index is -0.674. The van der Waals surface area contributed by atoms with Crippen molar-refractivity contribution in [2.45, 2.75) is 13.8 Å². The summed E-state index contributed by atoms with van der Waals surface area (Å²) in [4.78, 5) is 34.2. The molecule has 8 heteroatoms. The first-order valence-corrected chi connectivity index (χ1v) is 7.75. The molecule has 2 aromatic carbocycles. The first kappa shape index (κ1) is 18.4. The van der Waals surface area contributed by atoms with Crippen molar-refractivity contribution in [2.75, 3.05) is 11.9 Å². The van der Waals surface area contributed by atoms with Gasteiger partial charge in [0.1, 0.15) is 5.02 Å². The summed E-state index contributed by atoms with van der Waals surface area (Å²) >= 11 is 5.70. The van der Waals surface area contributed by atoms with E-state index in [1.807, 2.05) is 26.0 Å². The van der Waals surface area contributed by atoms with Gasteiger partial charge in [0.2, 0.25) is 5.91 Å². The molecule has 0 saturated heterocycles. The van der Waals surface area contributed by atoms with Crippen LogP contribution in [0.25, 0.3) is 0 Å². The van der Waals surface area contributed by atoms with Gasteiger partial charge in [-0.25, -0.2) is 0 Å². The van der Waals surface area contributed by atoms with Crippen LogP contribution in [-0.4, -0.2) is 23.3 Å². The third-order valence-electron chi connectivity index (χ3n) is 3.69. The van der Waals surface area contributed by atoms with Crippen LogP contribution >= 0.6 is 11.6 Å². The van der Waals surface area contributed by atoms with E-state index < -0.39 is 16.7 Å². The molecule has 2 aromatic rings. The molecule has 130 valence electrons. The molecule has 2 amide bonds. The molecule has 0 atom stereocenters. The summed E-state index contributed by atoms with van der Waals surface area (Å²) in [6, 6.07) is 9.21. The number of halogens is 1. The van der Waals surface area contributed by atoms with Crippen molar-refractivity contribution >= 4 is 34.8 Å². The number of anilines is 1. The van der Waals surface area contributed by atoms with Crippen LogP contribution < -0.4 is 10.6 Å². The van der Waals surface area contributed by atoms with Crippen LogP contribution in [0.15, 0.2) is 36.4 Å². The molecular formula is C17H16ClN3O4.